The summed E-state index contributed by atoms with van der Waals surface area (Å²) in [6, 6.07) is 31.6. The van der Waals surface area contributed by atoms with Crippen molar-refractivity contribution in [2.45, 2.75) is 38.5 Å². The molecule has 8 nitrogen and oxygen atoms in total. The van der Waals surface area contributed by atoms with Crippen LogP contribution in [0, 0.1) is 0 Å². The second kappa shape index (κ2) is 16.7. The molecule has 2 aromatic carbocycles. The Balaban J connectivity index is 1.18. The van der Waals surface area contributed by atoms with Gasteiger partial charge in [-0.05, 0) is 94.8 Å². The van der Waals surface area contributed by atoms with Crippen LogP contribution in [-0.2, 0) is 44.9 Å². The van der Waals surface area contributed by atoms with Gasteiger partial charge in [-0.2, -0.15) is 0 Å². The summed E-state index contributed by atoms with van der Waals surface area (Å²) >= 11 is 8.14. The van der Waals surface area contributed by atoms with Crippen molar-refractivity contribution in [1.29, 1.82) is 0 Å². The van der Waals surface area contributed by atoms with Gasteiger partial charge in [0, 0.05) is 61.6 Å². The van der Waals surface area contributed by atoms with Gasteiger partial charge in [0.2, 0.25) is 0 Å². The van der Waals surface area contributed by atoms with Crippen LogP contribution in [0.2, 0.25) is 0 Å². The summed E-state index contributed by atoms with van der Waals surface area (Å²) in [5.74, 6) is -3.47. The number of thiophene rings is 5. The van der Waals surface area contributed by atoms with Gasteiger partial charge in [-0.1, -0.05) is 48.5 Å². The molecule has 0 atom stereocenters. The van der Waals surface area contributed by atoms with Crippen molar-refractivity contribution in [3.63, 3.8) is 0 Å². The predicted molar refractivity (Wildman–Crippen MR) is 223 cm³/mol. The van der Waals surface area contributed by atoms with Gasteiger partial charge in [-0.15, -0.1) is 56.7 Å². The first kappa shape index (κ1) is 38.1. The Morgan fingerprint density at radius 1 is 0.382 bits per heavy atom. The largest absolute Gasteiger partial charge is 0.481 e. The lowest BCUT2D eigenvalue weighted by molar-refractivity contribution is -0.138. The summed E-state index contributed by atoms with van der Waals surface area (Å²) < 4.78 is 0. The first-order chi connectivity index (χ1) is 26.5. The predicted octanol–water partition coefficient (Wildman–Crippen LogP) is 11.3. The Bertz CT molecular complexity index is 2340. The first-order valence-corrected chi connectivity index (χ1v) is 21.2. The smallest absolute Gasteiger partial charge is 0.307 e. The molecule has 4 N–H and O–H groups in total. The van der Waals surface area contributed by atoms with Crippen LogP contribution in [0.1, 0.15) is 35.1 Å². The second-order valence-electron chi connectivity index (χ2n) is 12.7. The number of carboxylic acids is 4. The van der Waals surface area contributed by atoms with E-state index in [0.717, 1.165) is 82.2 Å². The summed E-state index contributed by atoms with van der Waals surface area (Å²) in [4.78, 5) is 55.8. The molecule has 0 bridgehead atoms. The van der Waals surface area contributed by atoms with E-state index in [2.05, 4.69) is 36.4 Å². The molecule has 0 radical (unpaired) electrons. The Morgan fingerprint density at radius 3 is 1.09 bits per heavy atom. The van der Waals surface area contributed by atoms with Crippen LogP contribution in [0.15, 0.2) is 97.1 Å². The lowest BCUT2D eigenvalue weighted by atomic mass is 10.1. The fraction of sp³-hybridized carbons (Fsp3) is 0.143. The molecule has 7 rings (SSSR count). The van der Waals surface area contributed by atoms with Crippen molar-refractivity contribution in [3.05, 3.63) is 119 Å². The molecule has 0 saturated carbocycles. The Hall–Kier alpha value is -5.18. The molecule has 0 aliphatic rings. The summed E-state index contributed by atoms with van der Waals surface area (Å²) in [5, 5.41) is 37.3. The van der Waals surface area contributed by atoms with Gasteiger partial charge < -0.3 is 20.4 Å². The minimum absolute atomic E-state index is 0.00267. The number of carbonyl (C=O) groups is 4. The minimum Gasteiger partial charge on any atom is -0.481 e. The van der Waals surface area contributed by atoms with E-state index < -0.39 is 23.9 Å². The van der Waals surface area contributed by atoms with Crippen molar-refractivity contribution in [3.8, 4) is 59.9 Å². The zero-order valence-corrected chi connectivity index (χ0v) is 33.0. The summed E-state index contributed by atoms with van der Waals surface area (Å²) in [5.41, 5.74) is 5.39. The molecule has 0 aliphatic carbocycles. The standard InChI is InChI=1S/C42H32O8S5/c43-37(44)17-9-27-21-35(31-13-11-29(51-31)25-5-1-23(2-6-25)19-39(47)48)54-41(27)33-15-16-34(53-33)42-28(10-18-38(45)46)22-36(55-42)32-14-12-30(52-32)26-7-3-24(4-8-26)20-40(49)50/h1-8,11-16,21-22H,9-10,17-20H2,(H,43,44)(H,45,46)(H,47,48)(H,49,50). The van der Waals surface area contributed by atoms with Crippen LogP contribution in [0.4, 0.5) is 0 Å². The van der Waals surface area contributed by atoms with E-state index in [1.807, 2.05) is 60.7 Å². The number of benzene rings is 2. The second-order valence-corrected chi connectivity index (χ2v) is 18.1. The van der Waals surface area contributed by atoms with Crippen molar-refractivity contribution >= 4 is 80.6 Å². The van der Waals surface area contributed by atoms with Crippen molar-refractivity contribution < 1.29 is 39.6 Å². The van der Waals surface area contributed by atoms with Crippen LogP contribution in [0.5, 0.6) is 0 Å². The molecule has 13 heteroatoms. The zero-order valence-electron chi connectivity index (χ0n) is 28.9. The van der Waals surface area contributed by atoms with Gasteiger partial charge in [0.1, 0.15) is 0 Å². The molecule has 0 unspecified atom stereocenters. The zero-order chi connectivity index (χ0) is 38.6. The van der Waals surface area contributed by atoms with Gasteiger partial charge in [-0.3, -0.25) is 19.2 Å². The van der Waals surface area contributed by atoms with Gasteiger partial charge in [0.05, 0.1) is 12.8 Å². The Morgan fingerprint density at radius 2 is 0.727 bits per heavy atom. The molecule has 5 aromatic heterocycles. The van der Waals surface area contributed by atoms with E-state index in [4.69, 9.17) is 10.2 Å². The Labute approximate surface area is 335 Å². The van der Waals surface area contributed by atoms with E-state index in [1.54, 1.807) is 56.7 Å². The molecular formula is C42H32O8S5. The monoisotopic (exact) mass is 824 g/mol. The first-order valence-electron chi connectivity index (χ1n) is 17.1. The van der Waals surface area contributed by atoms with E-state index in [1.165, 1.54) is 0 Å². The van der Waals surface area contributed by atoms with E-state index >= 15 is 0 Å². The van der Waals surface area contributed by atoms with Crippen LogP contribution in [0.3, 0.4) is 0 Å². The van der Waals surface area contributed by atoms with Crippen LogP contribution in [0.25, 0.3) is 59.9 Å². The molecule has 0 spiro atoms. The SMILES string of the molecule is O=C(O)CCc1cc(-c2ccc(-c3ccc(CC(=O)O)cc3)s2)sc1-c1ccc(-c2sc(-c3ccc(-c4ccc(CC(=O)O)cc4)s3)cc2CCC(=O)O)s1. The lowest BCUT2D eigenvalue weighted by Crippen LogP contribution is -1.99. The fourth-order valence-corrected chi connectivity index (χ4v) is 12.0. The number of hydrogen-bond donors (Lipinski definition) is 4. The highest BCUT2D eigenvalue weighted by Gasteiger charge is 2.21. The average Bonchev–Trinajstić information content (AvgIpc) is 3.99. The highest BCUT2D eigenvalue weighted by molar-refractivity contribution is 7.30. The summed E-state index contributed by atoms with van der Waals surface area (Å²) in [7, 11) is 0. The molecule has 0 amide bonds. The number of aryl methyl sites for hydroxylation is 2. The number of rotatable bonds is 16. The molecular weight excluding hydrogens is 793 g/mol. The lowest BCUT2D eigenvalue weighted by Gasteiger charge is -2.01. The van der Waals surface area contributed by atoms with Crippen molar-refractivity contribution in [2.75, 3.05) is 0 Å². The highest BCUT2D eigenvalue weighted by Crippen LogP contribution is 2.49. The molecule has 5 heterocycles. The number of hydrogen-bond acceptors (Lipinski definition) is 9. The molecule has 7 aromatic rings. The maximum absolute atomic E-state index is 11.6. The van der Waals surface area contributed by atoms with E-state index in [9.17, 15) is 29.4 Å². The summed E-state index contributed by atoms with van der Waals surface area (Å²) in [6.07, 6.45) is 0.714. The molecule has 0 saturated heterocycles. The van der Waals surface area contributed by atoms with Gasteiger partial charge in [0.25, 0.3) is 0 Å². The maximum Gasteiger partial charge on any atom is 0.307 e. The number of aliphatic carboxylic acids is 4. The topological polar surface area (TPSA) is 149 Å². The molecule has 278 valence electrons. The van der Waals surface area contributed by atoms with Gasteiger partial charge in [0.15, 0.2) is 0 Å². The van der Waals surface area contributed by atoms with Crippen LogP contribution >= 0.6 is 56.7 Å². The third-order valence-corrected chi connectivity index (χ3v) is 15.2. The van der Waals surface area contributed by atoms with Crippen molar-refractivity contribution in [2.24, 2.45) is 0 Å². The minimum atomic E-state index is -0.872. The molecule has 0 aliphatic heterocycles. The third kappa shape index (κ3) is 9.21. The quantitative estimate of drug-likeness (QED) is 0.0752. The van der Waals surface area contributed by atoms with Gasteiger partial charge in [-0.25, -0.2) is 0 Å². The van der Waals surface area contributed by atoms with Crippen LogP contribution in [-0.4, -0.2) is 44.3 Å². The third-order valence-electron chi connectivity index (χ3n) is 8.77. The Kier molecular flexibility index (Phi) is 11.6. The van der Waals surface area contributed by atoms with Crippen molar-refractivity contribution in [1.82, 2.24) is 0 Å². The molecule has 0 fully saturated rings. The van der Waals surface area contributed by atoms with Gasteiger partial charge >= 0.3 is 23.9 Å². The average molecular weight is 825 g/mol. The van der Waals surface area contributed by atoms with E-state index in [0.29, 0.717) is 12.8 Å². The normalized spacial score (nSPS) is 11.2. The number of carboxylic acid groups (broad SMARTS) is 4. The van der Waals surface area contributed by atoms with Crippen LogP contribution < -0.4 is 0 Å². The fourth-order valence-electron chi connectivity index (χ4n) is 6.13. The maximum atomic E-state index is 11.6. The molecule has 55 heavy (non-hydrogen) atoms. The highest BCUT2D eigenvalue weighted by atomic mass is 32.1. The summed E-state index contributed by atoms with van der Waals surface area (Å²) in [6.45, 7) is 0. The van der Waals surface area contributed by atoms with E-state index in [-0.39, 0.29) is 25.7 Å².